The van der Waals surface area contributed by atoms with Crippen LogP contribution in [0, 0.1) is 5.82 Å². The highest BCUT2D eigenvalue weighted by Gasteiger charge is 2.25. The molecule has 1 heterocycles. The van der Waals surface area contributed by atoms with Crippen molar-refractivity contribution in [1.82, 2.24) is 0 Å². The summed E-state index contributed by atoms with van der Waals surface area (Å²) in [6, 6.07) is 4.19. The van der Waals surface area contributed by atoms with E-state index in [1.807, 2.05) is 4.72 Å². The quantitative estimate of drug-likeness (QED) is 0.823. The van der Waals surface area contributed by atoms with Crippen LogP contribution in [0.3, 0.4) is 0 Å². The number of hydrogen-bond donors (Lipinski definition) is 2. The summed E-state index contributed by atoms with van der Waals surface area (Å²) < 4.78 is 44.2. The number of carboxylic acids is 1. The van der Waals surface area contributed by atoms with E-state index in [2.05, 4.69) is 15.9 Å². The molecule has 0 radical (unpaired) electrons. The van der Waals surface area contributed by atoms with E-state index in [1.165, 1.54) is 6.07 Å². The van der Waals surface area contributed by atoms with Crippen LogP contribution in [0.4, 0.5) is 10.1 Å². The van der Waals surface area contributed by atoms with Crippen molar-refractivity contribution in [2.24, 2.45) is 0 Å². The number of aromatic carboxylic acids is 1. The van der Waals surface area contributed by atoms with Gasteiger partial charge in [0.1, 0.15) is 10.7 Å². The summed E-state index contributed by atoms with van der Waals surface area (Å²) in [5, 5.41) is 8.85. The third-order valence-electron chi connectivity index (χ3n) is 2.33. The summed E-state index contributed by atoms with van der Waals surface area (Å²) in [4.78, 5) is 10.3. The molecule has 0 aliphatic rings. The van der Waals surface area contributed by atoms with Crippen LogP contribution >= 0.6 is 27.5 Å². The number of anilines is 1. The van der Waals surface area contributed by atoms with Crippen molar-refractivity contribution in [3.63, 3.8) is 0 Å². The van der Waals surface area contributed by atoms with Gasteiger partial charge in [-0.1, -0.05) is 11.6 Å². The third-order valence-corrected chi connectivity index (χ3v) is 4.79. The summed E-state index contributed by atoms with van der Waals surface area (Å²) in [5.41, 5.74) is -0.329. The van der Waals surface area contributed by atoms with Crippen molar-refractivity contribution in [3.05, 3.63) is 45.5 Å². The lowest BCUT2D eigenvalue weighted by Gasteiger charge is -2.07. The Morgan fingerprint density at radius 2 is 2.05 bits per heavy atom. The van der Waals surface area contributed by atoms with Crippen LogP contribution in [-0.2, 0) is 10.0 Å². The SMILES string of the molecule is O=C(O)c1cc(S(=O)(=O)Nc2ccc(Cl)cc2F)c(Br)o1. The van der Waals surface area contributed by atoms with Gasteiger partial charge in [-0.3, -0.25) is 4.72 Å². The largest absolute Gasteiger partial charge is 0.475 e. The Balaban J connectivity index is 2.41. The number of halogens is 3. The van der Waals surface area contributed by atoms with E-state index >= 15 is 0 Å². The first-order valence-electron chi connectivity index (χ1n) is 5.21. The Labute approximate surface area is 131 Å². The Bertz CT molecular complexity index is 820. The number of nitrogens with one attached hydrogen (secondary N) is 1. The van der Waals surface area contributed by atoms with Crippen LogP contribution in [0.1, 0.15) is 10.6 Å². The minimum atomic E-state index is -4.23. The second-order valence-corrected chi connectivity index (χ2v) is 6.59. The summed E-state index contributed by atoms with van der Waals surface area (Å²) in [7, 11) is -4.23. The molecule has 0 bridgehead atoms. The van der Waals surface area contributed by atoms with Gasteiger partial charge in [0.25, 0.3) is 10.0 Å². The molecular formula is C11H6BrClFNO5S. The topological polar surface area (TPSA) is 96.6 Å². The molecule has 1 aromatic carbocycles. The van der Waals surface area contributed by atoms with E-state index in [0.717, 1.165) is 18.2 Å². The van der Waals surface area contributed by atoms with E-state index in [4.69, 9.17) is 21.1 Å². The maximum Gasteiger partial charge on any atom is 0.371 e. The number of hydrogen-bond acceptors (Lipinski definition) is 4. The smallest absolute Gasteiger partial charge is 0.371 e. The molecule has 0 unspecified atom stereocenters. The Kier molecular flexibility index (Phi) is 4.26. The minimum Gasteiger partial charge on any atom is -0.475 e. The van der Waals surface area contributed by atoms with Crippen LogP contribution in [0.5, 0.6) is 0 Å². The lowest BCUT2D eigenvalue weighted by Crippen LogP contribution is -2.13. The van der Waals surface area contributed by atoms with Gasteiger partial charge in [-0.25, -0.2) is 17.6 Å². The molecule has 0 amide bonds. The lowest BCUT2D eigenvalue weighted by molar-refractivity contribution is 0.0661. The summed E-state index contributed by atoms with van der Waals surface area (Å²) in [6.45, 7) is 0. The molecule has 6 nitrogen and oxygen atoms in total. The summed E-state index contributed by atoms with van der Waals surface area (Å²) >= 11 is 8.36. The molecule has 2 N–H and O–H groups in total. The van der Waals surface area contributed by atoms with E-state index < -0.39 is 32.5 Å². The number of carboxylic acid groups (broad SMARTS) is 1. The van der Waals surface area contributed by atoms with Gasteiger partial charge in [0, 0.05) is 11.1 Å². The van der Waals surface area contributed by atoms with Crippen LogP contribution in [0.15, 0.2) is 38.2 Å². The standard InChI is InChI=1S/C11H6BrClFNO5S/c12-10-9(4-8(20-10)11(16)17)21(18,19)15-7-2-1-5(13)3-6(7)14/h1-4,15H,(H,16,17). The lowest BCUT2D eigenvalue weighted by atomic mass is 10.3. The maximum atomic E-state index is 13.6. The molecule has 2 rings (SSSR count). The highest BCUT2D eigenvalue weighted by Crippen LogP contribution is 2.29. The number of benzene rings is 1. The predicted molar refractivity (Wildman–Crippen MR) is 75.6 cm³/mol. The van der Waals surface area contributed by atoms with Gasteiger partial charge in [-0.2, -0.15) is 0 Å². The number of carbonyl (C=O) groups is 1. The van der Waals surface area contributed by atoms with Gasteiger partial charge >= 0.3 is 5.97 Å². The van der Waals surface area contributed by atoms with Gasteiger partial charge in [-0.05, 0) is 34.1 Å². The van der Waals surface area contributed by atoms with Gasteiger partial charge in [-0.15, -0.1) is 0 Å². The fraction of sp³-hybridized carbons (Fsp3) is 0. The normalized spacial score (nSPS) is 11.4. The molecule has 0 fully saturated rings. The average molecular weight is 399 g/mol. The second-order valence-electron chi connectivity index (χ2n) is 3.78. The van der Waals surface area contributed by atoms with Crippen LogP contribution in [0.25, 0.3) is 0 Å². The molecule has 112 valence electrons. The predicted octanol–water partition coefficient (Wildman–Crippen LogP) is 3.33. The molecule has 0 saturated heterocycles. The van der Waals surface area contributed by atoms with E-state index in [0.29, 0.717) is 0 Å². The van der Waals surface area contributed by atoms with E-state index in [-0.39, 0.29) is 15.4 Å². The zero-order valence-corrected chi connectivity index (χ0v) is 13.1. The molecule has 0 saturated carbocycles. The Morgan fingerprint density at radius 3 is 2.57 bits per heavy atom. The van der Waals surface area contributed by atoms with E-state index in [1.54, 1.807) is 0 Å². The number of furan rings is 1. The molecule has 1 aromatic heterocycles. The highest BCUT2D eigenvalue weighted by molar-refractivity contribution is 9.10. The van der Waals surface area contributed by atoms with Crippen molar-refractivity contribution >= 4 is 49.2 Å². The van der Waals surface area contributed by atoms with Crippen molar-refractivity contribution in [3.8, 4) is 0 Å². The molecule has 21 heavy (non-hydrogen) atoms. The maximum absolute atomic E-state index is 13.6. The van der Waals surface area contributed by atoms with Crippen molar-refractivity contribution < 1.29 is 27.1 Å². The molecule has 10 heteroatoms. The Hall–Kier alpha value is -1.58. The van der Waals surface area contributed by atoms with Crippen LogP contribution in [0.2, 0.25) is 5.02 Å². The zero-order valence-electron chi connectivity index (χ0n) is 9.93. The Morgan fingerprint density at radius 1 is 1.38 bits per heavy atom. The van der Waals surface area contributed by atoms with Crippen molar-refractivity contribution in [2.75, 3.05) is 4.72 Å². The van der Waals surface area contributed by atoms with Crippen LogP contribution in [-0.4, -0.2) is 19.5 Å². The molecule has 0 aliphatic carbocycles. The monoisotopic (exact) mass is 397 g/mol. The van der Waals surface area contributed by atoms with E-state index in [9.17, 15) is 17.6 Å². The van der Waals surface area contributed by atoms with Gasteiger partial charge < -0.3 is 9.52 Å². The zero-order chi connectivity index (χ0) is 15.8. The molecular weight excluding hydrogens is 393 g/mol. The first-order chi connectivity index (χ1) is 9.70. The minimum absolute atomic E-state index is 0.105. The molecule has 0 aliphatic heterocycles. The highest BCUT2D eigenvalue weighted by atomic mass is 79.9. The first kappa shape index (κ1) is 15.8. The summed E-state index contributed by atoms with van der Waals surface area (Å²) in [5.74, 6) is -2.88. The van der Waals surface area contributed by atoms with Gasteiger partial charge in [0.15, 0.2) is 4.67 Å². The van der Waals surface area contributed by atoms with Crippen molar-refractivity contribution in [2.45, 2.75) is 4.90 Å². The average Bonchev–Trinajstić information content (AvgIpc) is 2.76. The van der Waals surface area contributed by atoms with Crippen LogP contribution < -0.4 is 4.72 Å². The third kappa shape index (κ3) is 3.36. The summed E-state index contributed by atoms with van der Waals surface area (Å²) in [6.07, 6.45) is 0. The molecule has 2 aromatic rings. The van der Waals surface area contributed by atoms with Gasteiger partial charge in [0.05, 0.1) is 5.69 Å². The number of sulfonamides is 1. The molecule has 0 atom stereocenters. The second kappa shape index (κ2) is 5.66. The van der Waals surface area contributed by atoms with Crippen molar-refractivity contribution in [1.29, 1.82) is 0 Å². The number of rotatable bonds is 4. The van der Waals surface area contributed by atoms with Gasteiger partial charge in [0.2, 0.25) is 5.76 Å². The fourth-order valence-corrected chi connectivity index (χ4v) is 3.58. The molecule has 0 spiro atoms. The first-order valence-corrected chi connectivity index (χ1v) is 7.86. The fourth-order valence-electron chi connectivity index (χ4n) is 1.41.